The van der Waals surface area contributed by atoms with Crippen molar-refractivity contribution in [3.05, 3.63) is 76.6 Å². The fraction of sp³-hybridized carbons (Fsp3) is 0.130. The molecule has 0 aliphatic carbocycles. The third kappa shape index (κ3) is 3.23. The van der Waals surface area contributed by atoms with Crippen LogP contribution in [0, 0.1) is 6.92 Å². The van der Waals surface area contributed by atoms with E-state index in [2.05, 4.69) is 10.3 Å². The van der Waals surface area contributed by atoms with Gasteiger partial charge in [-0.05, 0) is 36.6 Å². The van der Waals surface area contributed by atoms with Gasteiger partial charge in [-0.1, -0.05) is 42.5 Å². The number of carbonyl (C=O) groups is 2. The van der Waals surface area contributed by atoms with Crippen molar-refractivity contribution in [3.8, 4) is 11.1 Å². The largest absolute Gasteiger partial charge is 0.396 e. The summed E-state index contributed by atoms with van der Waals surface area (Å²) in [6.45, 7) is 1.77. The van der Waals surface area contributed by atoms with Gasteiger partial charge in [-0.3, -0.25) is 9.59 Å². The Kier molecular flexibility index (Phi) is 4.78. The lowest BCUT2D eigenvalue weighted by molar-refractivity contribution is -0.110. The van der Waals surface area contributed by atoms with Gasteiger partial charge in [-0.15, -0.1) is 0 Å². The van der Waals surface area contributed by atoms with E-state index in [1.807, 2.05) is 48.5 Å². The molecule has 0 bridgehead atoms. The molecular weight excluding hydrogens is 366 g/mol. The van der Waals surface area contributed by atoms with Crippen LogP contribution in [0.4, 0.5) is 5.69 Å². The molecular formula is C23H21N3O3. The van der Waals surface area contributed by atoms with Crippen LogP contribution in [0.5, 0.6) is 0 Å². The normalized spacial score (nSPS) is 14.1. The van der Waals surface area contributed by atoms with Gasteiger partial charge in [0.05, 0.1) is 11.1 Å². The number of H-pyrrole nitrogens is 1. The predicted octanol–water partition coefficient (Wildman–Crippen LogP) is 3.12. The zero-order chi connectivity index (χ0) is 20.5. The monoisotopic (exact) mass is 387 g/mol. The number of nitrogens with one attached hydrogen (secondary N) is 2. The van der Waals surface area contributed by atoms with Crippen molar-refractivity contribution in [2.75, 3.05) is 11.9 Å². The second-order valence-electron chi connectivity index (χ2n) is 6.97. The van der Waals surface area contributed by atoms with Crippen LogP contribution in [0.15, 0.2) is 48.5 Å². The molecule has 2 amide bonds. The lowest BCUT2D eigenvalue weighted by Gasteiger charge is -2.08. The molecule has 0 fully saturated rings. The van der Waals surface area contributed by atoms with E-state index in [0.717, 1.165) is 16.7 Å². The number of amides is 2. The van der Waals surface area contributed by atoms with Gasteiger partial charge in [-0.2, -0.15) is 0 Å². The van der Waals surface area contributed by atoms with E-state index in [-0.39, 0.29) is 12.5 Å². The van der Waals surface area contributed by atoms with E-state index >= 15 is 0 Å². The fourth-order valence-corrected chi connectivity index (χ4v) is 3.91. The Labute approximate surface area is 168 Å². The summed E-state index contributed by atoms with van der Waals surface area (Å²) in [6, 6.07) is 15.1. The zero-order valence-electron chi connectivity index (χ0n) is 16.0. The smallest absolute Gasteiger partial charge is 0.256 e. The van der Waals surface area contributed by atoms with Crippen molar-refractivity contribution in [1.29, 1.82) is 0 Å². The van der Waals surface area contributed by atoms with Crippen molar-refractivity contribution in [2.45, 2.75) is 13.3 Å². The molecule has 6 heteroatoms. The summed E-state index contributed by atoms with van der Waals surface area (Å²) < 4.78 is 0. The molecule has 0 saturated carbocycles. The molecule has 6 nitrogen and oxygen atoms in total. The van der Waals surface area contributed by atoms with Gasteiger partial charge in [0.1, 0.15) is 0 Å². The van der Waals surface area contributed by atoms with E-state index in [0.29, 0.717) is 40.2 Å². The van der Waals surface area contributed by atoms with Crippen LogP contribution in [-0.2, 0) is 11.2 Å². The van der Waals surface area contributed by atoms with E-state index in [1.54, 1.807) is 13.0 Å². The van der Waals surface area contributed by atoms with Gasteiger partial charge >= 0.3 is 0 Å². The Morgan fingerprint density at radius 2 is 1.86 bits per heavy atom. The van der Waals surface area contributed by atoms with Crippen LogP contribution in [-0.4, -0.2) is 28.5 Å². The van der Waals surface area contributed by atoms with E-state index in [1.165, 1.54) is 0 Å². The number of aromatic nitrogens is 1. The van der Waals surface area contributed by atoms with Gasteiger partial charge < -0.3 is 21.1 Å². The molecule has 4 rings (SSSR count). The molecule has 1 aliphatic heterocycles. The molecule has 1 aromatic heterocycles. The van der Waals surface area contributed by atoms with Crippen LogP contribution < -0.4 is 11.1 Å². The molecule has 0 saturated heterocycles. The highest BCUT2D eigenvalue weighted by Crippen LogP contribution is 2.38. The van der Waals surface area contributed by atoms with Crippen molar-refractivity contribution in [1.82, 2.24) is 4.98 Å². The number of rotatable bonds is 5. The molecule has 0 unspecified atom stereocenters. The molecule has 2 aromatic carbocycles. The number of fused-ring (bicyclic) bond motifs is 1. The number of benzene rings is 2. The summed E-state index contributed by atoms with van der Waals surface area (Å²) in [4.78, 5) is 28.1. The maximum atomic E-state index is 12.7. The molecule has 1 aliphatic rings. The first kappa shape index (κ1) is 18.7. The van der Waals surface area contributed by atoms with Gasteiger partial charge in [0.2, 0.25) is 0 Å². The number of aliphatic hydroxyl groups excluding tert-OH is 1. The topological polar surface area (TPSA) is 108 Å². The maximum Gasteiger partial charge on any atom is 0.256 e. The Bertz CT molecular complexity index is 1140. The number of nitrogens with two attached hydrogens (primary N) is 1. The first-order chi connectivity index (χ1) is 14.0. The first-order valence-electron chi connectivity index (χ1n) is 9.35. The van der Waals surface area contributed by atoms with Crippen LogP contribution in [0.1, 0.15) is 32.9 Å². The molecule has 29 heavy (non-hydrogen) atoms. The lowest BCUT2D eigenvalue weighted by atomic mass is 9.95. The molecule has 5 N–H and O–H groups in total. The van der Waals surface area contributed by atoms with Crippen molar-refractivity contribution < 1.29 is 14.7 Å². The fourth-order valence-electron chi connectivity index (χ4n) is 3.91. The number of aliphatic hydroxyl groups is 1. The predicted molar refractivity (Wildman–Crippen MR) is 113 cm³/mol. The molecule has 0 spiro atoms. The minimum Gasteiger partial charge on any atom is -0.396 e. The van der Waals surface area contributed by atoms with Gasteiger partial charge in [0.25, 0.3) is 11.8 Å². The number of carbonyl (C=O) groups excluding carboxylic acids is 2. The minimum absolute atomic E-state index is 0.0133. The number of hydrogen-bond donors (Lipinski definition) is 4. The molecule has 0 radical (unpaired) electrons. The highest BCUT2D eigenvalue weighted by Gasteiger charge is 2.28. The molecule has 0 atom stereocenters. The zero-order valence-corrected chi connectivity index (χ0v) is 16.0. The molecule has 3 aromatic rings. The van der Waals surface area contributed by atoms with Crippen molar-refractivity contribution in [2.24, 2.45) is 5.73 Å². The van der Waals surface area contributed by atoms with Gasteiger partial charge in [-0.25, -0.2) is 0 Å². The molecule has 146 valence electrons. The number of anilines is 1. The van der Waals surface area contributed by atoms with Crippen LogP contribution in [0.3, 0.4) is 0 Å². The van der Waals surface area contributed by atoms with E-state index < -0.39 is 5.91 Å². The quantitative estimate of drug-likeness (QED) is 0.505. The Morgan fingerprint density at radius 3 is 2.55 bits per heavy atom. The highest BCUT2D eigenvalue weighted by atomic mass is 16.3. The summed E-state index contributed by atoms with van der Waals surface area (Å²) >= 11 is 0. The second kappa shape index (κ2) is 7.41. The maximum absolute atomic E-state index is 12.7. The van der Waals surface area contributed by atoms with Gasteiger partial charge in [0.15, 0.2) is 0 Å². The number of aryl methyl sites for hydroxylation is 1. The Morgan fingerprint density at radius 1 is 1.10 bits per heavy atom. The summed E-state index contributed by atoms with van der Waals surface area (Å²) in [6.07, 6.45) is 2.20. The van der Waals surface area contributed by atoms with Crippen molar-refractivity contribution in [3.63, 3.8) is 0 Å². The number of hydrogen-bond acceptors (Lipinski definition) is 3. The SMILES string of the molecule is Cc1[nH]c(/C=C2\C(=O)Nc3cccc(CCO)c32)c(-c2ccccc2)c1C(N)=O. The lowest BCUT2D eigenvalue weighted by Crippen LogP contribution is -2.12. The summed E-state index contributed by atoms with van der Waals surface area (Å²) in [5, 5.41) is 12.3. The third-order valence-corrected chi connectivity index (χ3v) is 5.11. The Balaban J connectivity index is 1.95. The average Bonchev–Trinajstić information content (AvgIpc) is 3.20. The summed E-state index contributed by atoms with van der Waals surface area (Å²) in [7, 11) is 0. The van der Waals surface area contributed by atoms with Crippen molar-refractivity contribution >= 4 is 29.2 Å². The summed E-state index contributed by atoms with van der Waals surface area (Å²) in [5.74, 6) is -0.753. The molecule has 2 heterocycles. The summed E-state index contributed by atoms with van der Waals surface area (Å²) in [5.41, 5.74) is 11.7. The number of primary amides is 1. The van der Waals surface area contributed by atoms with Crippen LogP contribution in [0.25, 0.3) is 22.8 Å². The second-order valence-corrected chi connectivity index (χ2v) is 6.97. The van der Waals surface area contributed by atoms with Crippen LogP contribution in [0.2, 0.25) is 0 Å². The van der Waals surface area contributed by atoms with E-state index in [9.17, 15) is 14.7 Å². The Hall–Kier alpha value is -3.64. The van der Waals surface area contributed by atoms with E-state index in [4.69, 9.17) is 5.73 Å². The third-order valence-electron chi connectivity index (χ3n) is 5.11. The van der Waals surface area contributed by atoms with Crippen LogP contribution >= 0.6 is 0 Å². The average molecular weight is 387 g/mol. The minimum atomic E-state index is -0.528. The standard InChI is InChI=1S/C23H21N3O3/c1-13-19(22(24)28)21(14-6-3-2-4-7-14)18(25-13)12-16-20-15(10-11-27)8-5-9-17(20)26-23(16)29/h2-9,12,25,27H,10-11H2,1H3,(H2,24,28)(H,26,29)/b16-12-. The highest BCUT2D eigenvalue weighted by molar-refractivity contribution is 6.35. The van der Waals surface area contributed by atoms with Gasteiger partial charge in [0, 0.05) is 34.8 Å². The first-order valence-corrected chi connectivity index (χ1v) is 9.35. The number of aromatic amines is 1.